The number of aromatic amines is 1. The SMILES string of the molecule is CC[C@@H]1CCCCN1C(=O)COC(=O)c1[nH]c(C)c(C(C)=O)c1C. The maximum Gasteiger partial charge on any atom is 0.355 e. The molecule has 0 aliphatic carbocycles. The van der Waals surface area contributed by atoms with Gasteiger partial charge in [0, 0.05) is 23.8 Å². The summed E-state index contributed by atoms with van der Waals surface area (Å²) in [5, 5.41) is 0. The number of hydrogen-bond donors (Lipinski definition) is 1. The lowest BCUT2D eigenvalue weighted by Gasteiger charge is -2.35. The van der Waals surface area contributed by atoms with Crippen molar-refractivity contribution < 1.29 is 19.1 Å². The van der Waals surface area contributed by atoms with E-state index in [4.69, 9.17) is 4.74 Å². The molecular formula is C18H26N2O4. The number of nitrogens with zero attached hydrogens (tertiary/aromatic N) is 1. The first-order valence-corrected chi connectivity index (χ1v) is 8.53. The van der Waals surface area contributed by atoms with Crippen LogP contribution in [-0.2, 0) is 9.53 Å². The molecule has 1 atom stereocenters. The van der Waals surface area contributed by atoms with Crippen LogP contribution in [0.15, 0.2) is 0 Å². The number of carbonyl (C=O) groups excluding carboxylic acids is 3. The Balaban J connectivity index is 2.02. The third kappa shape index (κ3) is 3.68. The molecule has 1 N–H and O–H groups in total. The molecule has 0 bridgehead atoms. The van der Waals surface area contributed by atoms with E-state index in [1.807, 2.05) is 4.90 Å². The molecular weight excluding hydrogens is 308 g/mol. The summed E-state index contributed by atoms with van der Waals surface area (Å²) in [4.78, 5) is 41.0. The van der Waals surface area contributed by atoms with Gasteiger partial charge in [0.05, 0.1) is 0 Å². The maximum absolute atomic E-state index is 12.4. The predicted molar refractivity (Wildman–Crippen MR) is 90.2 cm³/mol. The fraction of sp³-hybridized carbons (Fsp3) is 0.611. The first-order chi connectivity index (χ1) is 11.4. The number of hydrogen-bond acceptors (Lipinski definition) is 4. The highest BCUT2D eigenvalue weighted by atomic mass is 16.5. The second-order valence-corrected chi connectivity index (χ2v) is 6.40. The summed E-state index contributed by atoms with van der Waals surface area (Å²) < 4.78 is 5.19. The van der Waals surface area contributed by atoms with E-state index in [1.165, 1.54) is 6.92 Å². The van der Waals surface area contributed by atoms with Gasteiger partial charge in [-0.25, -0.2) is 4.79 Å². The second kappa shape index (κ2) is 7.64. The summed E-state index contributed by atoms with van der Waals surface area (Å²) in [6, 6.07) is 0.240. The molecule has 0 spiro atoms. The molecule has 1 aliphatic rings. The molecule has 0 saturated carbocycles. The number of esters is 1. The van der Waals surface area contributed by atoms with Gasteiger partial charge in [-0.1, -0.05) is 6.92 Å². The lowest BCUT2D eigenvalue weighted by Crippen LogP contribution is -2.45. The summed E-state index contributed by atoms with van der Waals surface area (Å²) in [6.07, 6.45) is 4.05. The molecule has 0 aromatic carbocycles. The summed E-state index contributed by atoms with van der Waals surface area (Å²) in [5.41, 5.74) is 1.97. The van der Waals surface area contributed by atoms with Crippen molar-refractivity contribution in [1.29, 1.82) is 0 Å². The van der Waals surface area contributed by atoms with Crippen LogP contribution in [0.3, 0.4) is 0 Å². The molecule has 1 aromatic heterocycles. The van der Waals surface area contributed by atoms with Gasteiger partial charge in [0.2, 0.25) is 0 Å². The Hall–Kier alpha value is -2.11. The van der Waals surface area contributed by atoms with Crippen LogP contribution in [-0.4, -0.2) is 46.7 Å². The van der Waals surface area contributed by atoms with Gasteiger partial charge >= 0.3 is 5.97 Å². The Morgan fingerprint density at radius 3 is 2.54 bits per heavy atom. The lowest BCUT2D eigenvalue weighted by molar-refractivity contribution is -0.138. The number of ether oxygens (including phenoxy) is 1. The first kappa shape index (κ1) is 18.2. The largest absolute Gasteiger partial charge is 0.451 e. The fourth-order valence-corrected chi connectivity index (χ4v) is 3.52. The van der Waals surface area contributed by atoms with Crippen molar-refractivity contribution in [3.05, 3.63) is 22.5 Å². The number of carbonyl (C=O) groups is 3. The molecule has 1 fully saturated rings. The Kier molecular flexibility index (Phi) is 5.80. The summed E-state index contributed by atoms with van der Waals surface area (Å²) in [7, 11) is 0. The fourth-order valence-electron chi connectivity index (χ4n) is 3.52. The highest BCUT2D eigenvalue weighted by Crippen LogP contribution is 2.21. The average Bonchev–Trinajstić information content (AvgIpc) is 2.86. The summed E-state index contributed by atoms with van der Waals surface area (Å²) in [5.74, 6) is -0.848. The van der Waals surface area contributed by atoms with Gasteiger partial charge in [-0.05, 0) is 52.0 Å². The van der Waals surface area contributed by atoms with Crippen molar-refractivity contribution in [2.45, 2.75) is 59.4 Å². The quantitative estimate of drug-likeness (QED) is 0.663. The van der Waals surface area contributed by atoms with Crippen molar-refractivity contribution in [3.8, 4) is 0 Å². The van der Waals surface area contributed by atoms with Gasteiger partial charge in [0.15, 0.2) is 12.4 Å². The van der Waals surface area contributed by atoms with E-state index < -0.39 is 5.97 Å². The van der Waals surface area contributed by atoms with Gasteiger partial charge in [-0.2, -0.15) is 0 Å². The van der Waals surface area contributed by atoms with E-state index in [0.717, 1.165) is 32.2 Å². The van der Waals surface area contributed by atoms with Crippen LogP contribution < -0.4 is 0 Å². The molecule has 2 rings (SSSR count). The minimum Gasteiger partial charge on any atom is -0.451 e. The minimum atomic E-state index is -0.596. The van der Waals surface area contributed by atoms with E-state index in [0.29, 0.717) is 16.8 Å². The highest BCUT2D eigenvalue weighted by molar-refractivity contribution is 6.01. The van der Waals surface area contributed by atoms with Crippen LogP contribution in [0.25, 0.3) is 0 Å². The normalized spacial score (nSPS) is 17.7. The molecule has 24 heavy (non-hydrogen) atoms. The van der Waals surface area contributed by atoms with Crippen molar-refractivity contribution >= 4 is 17.7 Å². The minimum absolute atomic E-state index is 0.101. The van der Waals surface area contributed by atoms with Crippen LogP contribution in [0.2, 0.25) is 0 Å². The Morgan fingerprint density at radius 2 is 1.96 bits per heavy atom. The van der Waals surface area contributed by atoms with Crippen molar-refractivity contribution in [2.75, 3.05) is 13.2 Å². The number of amides is 1. The van der Waals surface area contributed by atoms with Crippen LogP contribution in [0.4, 0.5) is 0 Å². The molecule has 6 nitrogen and oxygen atoms in total. The Morgan fingerprint density at radius 1 is 1.25 bits per heavy atom. The third-order valence-electron chi connectivity index (χ3n) is 4.74. The molecule has 1 aromatic rings. The molecule has 6 heteroatoms. The van der Waals surface area contributed by atoms with Gasteiger partial charge in [-0.15, -0.1) is 0 Å². The zero-order valence-corrected chi connectivity index (χ0v) is 14.9. The average molecular weight is 334 g/mol. The number of ketones is 1. The molecule has 132 valence electrons. The van der Waals surface area contributed by atoms with Gasteiger partial charge < -0.3 is 14.6 Å². The van der Waals surface area contributed by atoms with Crippen molar-refractivity contribution in [3.63, 3.8) is 0 Å². The molecule has 0 unspecified atom stereocenters. The van der Waals surface area contributed by atoms with E-state index in [2.05, 4.69) is 11.9 Å². The first-order valence-electron chi connectivity index (χ1n) is 8.53. The smallest absolute Gasteiger partial charge is 0.355 e. The maximum atomic E-state index is 12.4. The predicted octanol–water partition coefficient (Wildman–Crippen LogP) is 2.78. The number of nitrogens with one attached hydrogen (secondary N) is 1. The van der Waals surface area contributed by atoms with Crippen molar-refractivity contribution in [1.82, 2.24) is 9.88 Å². The number of rotatable bonds is 5. The number of Topliss-reactive ketones (excluding diaryl/α,β-unsaturated/α-hetero) is 1. The molecule has 0 radical (unpaired) electrons. The van der Waals surface area contributed by atoms with Crippen LogP contribution in [0, 0.1) is 13.8 Å². The van der Waals surface area contributed by atoms with Crippen LogP contribution in [0.5, 0.6) is 0 Å². The van der Waals surface area contributed by atoms with E-state index in [-0.39, 0.29) is 30.0 Å². The van der Waals surface area contributed by atoms with E-state index >= 15 is 0 Å². The molecule has 1 aliphatic heterocycles. The monoisotopic (exact) mass is 334 g/mol. The molecule has 2 heterocycles. The number of likely N-dealkylation sites (tertiary alicyclic amines) is 1. The van der Waals surface area contributed by atoms with E-state index in [9.17, 15) is 14.4 Å². The van der Waals surface area contributed by atoms with Crippen LogP contribution in [0.1, 0.15) is 71.6 Å². The van der Waals surface area contributed by atoms with Crippen LogP contribution >= 0.6 is 0 Å². The molecule has 1 amide bonds. The highest BCUT2D eigenvalue weighted by Gasteiger charge is 2.27. The van der Waals surface area contributed by atoms with Crippen molar-refractivity contribution in [2.24, 2.45) is 0 Å². The summed E-state index contributed by atoms with van der Waals surface area (Å²) >= 11 is 0. The zero-order valence-electron chi connectivity index (χ0n) is 14.9. The Labute approximate surface area is 142 Å². The number of H-pyrrole nitrogens is 1. The standard InChI is InChI=1S/C18H26N2O4/c1-5-14-8-6-7-9-20(14)15(22)10-24-18(23)17-11(2)16(13(4)21)12(3)19-17/h14,19H,5-10H2,1-4H3/t14-/m1/s1. The third-order valence-corrected chi connectivity index (χ3v) is 4.74. The topological polar surface area (TPSA) is 79.5 Å². The number of piperidine rings is 1. The number of aromatic nitrogens is 1. The van der Waals surface area contributed by atoms with Gasteiger partial charge in [0.1, 0.15) is 5.69 Å². The van der Waals surface area contributed by atoms with Gasteiger partial charge in [-0.3, -0.25) is 9.59 Å². The Bertz CT molecular complexity index is 648. The number of aryl methyl sites for hydroxylation is 1. The van der Waals surface area contributed by atoms with E-state index in [1.54, 1.807) is 13.8 Å². The second-order valence-electron chi connectivity index (χ2n) is 6.40. The summed E-state index contributed by atoms with van der Waals surface area (Å²) in [6.45, 7) is 7.44. The van der Waals surface area contributed by atoms with Gasteiger partial charge in [0.25, 0.3) is 5.91 Å². The lowest BCUT2D eigenvalue weighted by atomic mass is 10.00. The molecule has 1 saturated heterocycles. The zero-order chi connectivity index (χ0) is 17.9.